The highest BCUT2D eigenvalue weighted by Crippen LogP contribution is 2.27. The lowest BCUT2D eigenvalue weighted by Gasteiger charge is -2.24. The third kappa shape index (κ3) is 6.43. The molecule has 0 aliphatic carbocycles. The number of carbonyl (C=O) groups is 1. The summed E-state index contributed by atoms with van der Waals surface area (Å²) in [5.74, 6) is 0.166. The standard InChI is InChI=1S/C24H25ClN2O4S2/c1-3-31-20-10-8-19(9-11-20)27(33(29,30)22-14-12-21(32-2)13-15-22)17-24(28)26-16-18-6-4-5-7-23(18)25/h4-15H,3,16-17H2,1-2H3,(H,26,28). The minimum Gasteiger partial charge on any atom is -0.494 e. The van der Waals surface area contributed by atoms with Crippen molar-refractivity contribution in [3.8, 4) is 5.75 Å². The number of nitrogens with zero attached hydrogens (tertiary/aromatic N) is 1. The number of anilines is 1. The van der Waals surface area contributed by atoms with Gasteiger partial charge in [0.25, 0.3) is 10.0 Å². The van der Waals surface area contributed by atoms with Crippen molar-refractivity contribution in [3.63, 3.8) is 0 Å². The molecule has 6 nitrogen and oxygen atoms in total. The molecule has 0 saturated heterocycles. The van der Waals surface area contributed by atoms with Gasteiger partial charge in [0.2, 0.25) is 5.91 Å². The lowest BCUT2D eigenvalue weighted by Crippen LogP contribution is -2.40. The minimum absolute atomic E-state index is 0.105. The number of hydrogen-bond donors (Lipinski definition) is 1. The van der Waals surface area contributed by atoms with E-state index in [1.807, 2.05) is 19.2 Å². The zero-order chi connectivity index (χ0) is 23.8. The van der Waals surface area contributed by atoms with E-state index in [1.165, 1.54) is 11.8 Å². The Morgan fingerprint density at radius 3 is 2.30 bits per heavy atom. The molecular weight excluding hydrogens is 480 g/mol. The summed E-state index contributed by atoms with van der Waals surface area (Å²) in [6, 6.07) is 20.3. The number of sulfonamides is 1. The van der Waals surface area contributed by atoms with Crippen LogP contribution in [-0.2, 0) is 21.4 Å². The predicted octanol–water partition coefficient (Wildman–Crippen LogP) is 4.97. The Hall–Kier alpha value is -2.68. The zero-order valence-electron chi connectivity index (χ0n) is 18.3. The highest BCUT2D eigenvalue weighted by molar-refractivity contribution is 7.98. The van der Waals surface area contributed by atoms with E-state index in [4.69, 9.17) is 16.3 Å². The molecule has 9 heteroatoms. The molecule has 0 unspecified atom stereocenters. The van der Waals surface area contributed by atoms with Crippen LogP contribution < -0.4 is 14.4 Å². The molecule has 0 heterocycles. The molecule has 174 valence electrons. The van der Waals surface area contributed by atoms with Crippen LogP contribution in [-0.4, -0.2) is 33.7 Å². The minimum atomic E-state index is -3.99. The molecule has 0 saturated carbocycles. The summed E-state index contributed by atoms with van der Waals surface area (Å²) in [6.07, 6.45) is 1.92. The van der Waals surface area contributed by atoms with Gasteiger partial charge in [-0.2, -0.15) is 0 Å². The highest BCUT2D eigenvalue weighted by atomic mass is 35.5. The second-order valence-corrected chi connectivity index (χ2v) is 10.1. The maximum atomic E-state index is 13.5. The molecule has 0 fully saturated rings. The van der Waals surface area contributed by atoms with Crippen molar-refractivity contribution < 1.29 is 17.9 Å². The first-order valence-corrected chi connectivity index (χ1v) is 13.3. The first kappa shape index (κ1) is 25.0. The lowest BCUT2D eigenvalue weighted by molar-refractivity contribution is -0.119. The second-order valence-electron chi connectivity index (χ2n) is 6.98. The SMILES string of the molecule is CCOc1ccc(N(CC(=O)NCc2ccccc2Cl)S(=O)(=O)c2ccc(SC)cc2)cc1. The third-order valence-electron chi connectivity index (χ3n) is 4.80. The number of benzene rings is 3. The van der Waals surface area contributed by atoms with E-state index in [0.717, 1.165) is 14.8 Å². The second kappa shape index (κ2) is 11.4. The van der Waals surface area contributed by atoms with E-state index in [9.17, 15) is 13.2 Å². The molecule has 0 radical (unpaired) electrons. The van der Waals surface area contributed by atoms with Crippen LogP contribution in [0, 0.1) is 0 Å². The maximum Gasteiger partial charge on any atom is 0.264 e. The van der Waals surface area contributed by atoms with Crippen molar-refractivity contribution >= 4 is 45.0 Å². The van der Waals surface area contributed by atoms with Crippen LogP contribution in [0.15, 0.2) is 82.6 Å². The van der Waals surface area contributed by atoms with Gasteiger partial charge in [-0.15, -0.1) is 11.8 Å². The van der Waals surface area contributed by atoms with Crippen molar-refractivity contribution in [1.82, 2.24) is 5.32 Å². The van der Waals surface area contributed by atoms with E-state index in [2.05, 4.69) is 5.32 Å². The number of amides is 1. The van der Waals surface area contributed by atoms with Crippen molar-refractivity contribution in [2.45, 2.75) is 23.3 Å². The molecule has 1 N–H and O–H groups in total. The molecule has 0 atom stereocenters. The molecule has 1 amide bonds. The molecule has 0 aromatic heterocycles. The summed E-state index contributed by atoms with van der Waals surface area (Å²) in [5.41, 5.74) is 1.11. The van der Waals surface area contributed by atoms with Gasteiger partial charge in [0.1, 0.15) is 12.3 Å². The molecule has 0 aliphatic rings. The average Bonchev–Trinajstić information content (AvgIpc) is 2.83. The summed E-state index contributed by atoms with van der Waals surface area (Å²) in [7, 11) is -3.99. The molecule has 3 rings (SSSR count). The molecule has 3 aromatic carbocycles. The van der Waals surface area contributed by atoms with Crippen molar-refractivity contribution in [2.75, 3.05) is 23.7 Å². The summed E-state index contributed by atoms with van der Waals surface area (Å²) in [6.45, 7) is 2.17. The zero-order valence-corrected chi connectivity index (χ0v) is 20.7. The normalized spacial score (nSPS) is 11.1. The van der Waals surface area contributed by atoms with Gasteiger partial charge < -0.3 is 10.1 Å². The van der Waals surface area contributed by atoms with Gasteiger partial charge in [-0.05, 0) is 73.3 Å². The number of ether oxygens (including phenoxy) is 1. The van der Waals surface area contributed by atoms with Crippen molar-refractivity contribution in [1.29, 1.82) is 0 Å². The van der Waals surface area contributed by atoms with Crippen LogP contribution in [0.3, 0.4) is 0 Å². The Kier molecular flexibility index (Phi) is 8.66. The van der Waals surface area contributed by atoms with Crippen LogP contribution in [0.25, 0.3) is 0 Å². The van der Waals surface area contributed by atoms with Gasteiger partial charge >= 0.3 is 0 Å². The fraction of sp³-hybridized carbons (Fsp3) is 0.208. The summed E-state index contributed by atoms with van der Waals surface area (Å²) < 4.78 is 33.5. The van der Waals surface area contributed by atoms with Crippen molar-refractivity contribution in [2.24, 2.45) is 0 Å². The van der Waals surface area contributed by atoms with Crippen LogP contribution in [0.1, 0.15) is 12.5 Å². The predicted molar refractivity (Wildman–Crippen MR) is 134 cm³/mol. The van der Waals surface area contributed by atoms with E-state index in [1.54, 1.807) is 66.7 Å². The average molecular weight is 505 g/mol. The molecule has 33 heavy (non-hydrogen) atoms. The number of halogens is 1. The van der Waals surface area contributed by atoms with E-state index < -0.39 is 15.9 Å². The molecule has 3 aromatic rings. The number of carbonyl (C=O) groups excluding carboxylic acids is 1. The topological polar surface area (TPSA) is 75.7 Å². The lowest BCUT2D eigenvalue weighted by atomic mass is 10.2. The Balaban J connectivity index is 1.87. The first-order valence-electron chi connectivity index (χ1n) is 10.2. The van der Waals surface area contributed by atoms with Gasteiger partial charge in [0, 0.05) is 16.5 Å². The molecule has 0 aliphatic heterocycles. The third-order valence-corrected chi connectivity index (χ3v) is 7.70. The monoisotopic (exact) mass is 504 g/mol. The van der Waals surface area contributed by atoms with Crippen LogP contribution >= 0.6 is 23.4 Å². The molecular formula is C24H25ClN2O4S2. The molecule has 0 bridgehead atoms. The maximum absolute atomic E-state index is 13.5. The van der Waals surface area contributed by atoms with E-state index >= 15 is 0 Å². The smallest absolute Gasteiger partial charge is 0.264 e. The Morgan fingerprint density at radius 1 is 1.03 bits per heavy atom. The highest BCUT2D eigenvalue weighted by Gasteiger charge is 2.27. The summed E-state index contributed by atoms with van der Waals surface area (Å²) >= 11 is 7.67. The number of rotatable bonds is 10. The fourth-order valence-corrected chi connectivity index (χ4v) is 5.12. The molecule has 0 spiro atoms. The van der Waals surface area contributed by atoms with Crippen LogP contribution in [0.5, 0.6) is 5.75 Å². The number of thioether (sulfide) groups is 1. The number of hydrogen-bond acceptors (Lipinski definition) is 5. The van der Waals surface area contributed by atoms with Crippen LogP contribution in [0.2, 0.25) is 5.02 Å². The van der Waals surface area contributed by atoms with Gasteiger partial charge in [0.15, 0.2) is 0 Å². The van der Waals surface area contributed by atoms with Gasteiger partial charge in [-0.1, -0.05) is 29.8 Å². The Morgan fingerprint density at radius 2 is 1.70 bits per heavy atom. The Bertz CT molecular complexity index is 1180. The van der Waals surface area contributed by atoms with Crippen LogP contribution in [0.4, 0.5) is 5.69 Å². The number of nitrogens with one attached hydrogen (secondary N) is 1. The van der Waals surface area contributed by atoms with E-state index in [0.29, 0.717) is 23.1 Å². The summed E-state index contributed by atoms with van der Waals surface area (Å²) in [4.78, 5) is 13.8. The van der Waals surface area contributed by atoms with E-state index in [-0.39, 0.29) is 18.0 Å². The first-order chi connectivity index (χ1) is 15.8. The summed E-state index contributed by atoms with van der Waals surface area (Å²) in [5, 5.41) is 3.29. The van der Waals surface area contributed by atoms with Gasteiger partial charge in [-0.25, -0.2) is 8.42 Å². The van der Waals surface area contributed by atoms with Crippen molar-refractivity contribution in [3.05, 3.63) is 83.4 Å². The Labute approximate surface area is 204 Å². The van der Waals surface area contributed by atoms with Gasteiger partial charge in [-0.3, -0.25) is 9.10 Å². The van der Waals surface area contributed by atoms with Gasteiger partial charge in [0.05, 0.1) is 17.2 Å². The quantitative estimate of drug-likeness (QED) is 0.394. The fourth-order valence-electron chi connectivity index (χ4n) is 3.09. The largest absolute Gasteiger partial charge is 0.494 e.